The minimum atomic E-state index is -0.0401. The molecule has 0 spiro atoms. The van der Waals surface area contributed by atoms with E-state index in [0.29, 0.717) is 12.2 Å². The molecule has 3 aromatic rings. The van der Waals surface area contributed by atoms with Crippen LogP contribution in [0.25, 0.3) is 0 Å². The van der Waals surface area contributed by atoms with Crippen LogP contribution in [0, 0.1) is 0 Å². The van der Waals surface area contributed by atoms with E-state index in [2.05, 4.69) is 28.5 Å². The van der Waals surface area contributed by atoms with Gasteiger partial charge in [-0.25, -0.2) is 0 Å². The van der Waals surface area contributed by atoms with E-state index < -0.39 is 0 Å². The second kappa shape index (κ2) is 7.40. The van der Waals surface area contributed by atoms with Crippen molar-refractivity contribution in [3.05, 3.63) is 89.7 Å². The van der Waals surface area contributed by atoms with Crippen LogP contribution in [0.5, 0.6) is 0 Å². The first-order chi connectivity index (χ1) is 12.8. The lowest BCUT2D eigenvalue weighted by Gasteiger charge is -2.17. The number of aromatic nitrogens is 1. The van der Waals surface area contributed by atoms with Crippen LogP contribution in [0.2, 0.25) is 0 Å². The summed E-state index contributed by atoms with van der Waals surface area (Å²) in [5, 5.41) is 3.39. The van der Waals surface area contributed by atoms with E-state index in [1.807, 2.05) is 53.4 Å². The molecule has 1 aromatic heterocycles. The minimum Gasteiger partial charge on any atom is -0.385 e. The topological polar surface area (TPSA) is 45.2 Å². The van der Waals surface area contributed by atoms with E-state index in [4.69, 9.17) is 0 Å². The van der Waals surface area contributed by atoms with Gasteiger partial charge in [0.25, 0.3) is 5.91 Å². The Morgan fingerprint density at radius 1 is 1.04 bits per heavy atom. The Balaban J connectivity index is 1.43. The molecule has 0 bridgehead atoms. The first-order valence-electron chi connectivity index (χ1n) is 8.95. The van der Waals surface area contributed by atoms with Gasteiger partial charge in [0, 0.05) is 30.7 Å². The Bertz CT molecular complexity index is 908. The van der Waals surface area contributed by atoms with Gasteiger partial charge < -0.3 is 10.2 Å². The monoisotopic (exact) mass is 343 g/mol. The predicted octanol–water partition coefficient (Wildman–Crippen LogP) is 3.94. The zero-order chi connectivity index (χ0) is 17.8. The van der Waals surface area contributed by atoms with E-state index in [9.17, 15) is 4.79 Å². The van der Waals surface area contributed by atoms with Crippen molar-refractivity contribution >= 4 is 17.3 Å². The second-order valence-corrected chi connectivity index (χ2v) is 6.43. The molecule has 1 N–H and O–H groups in total. The van der Waals surface area contributed by atoms with Crippen LogP contribution >= 0.6 is 0 Å². The molecule has 1 aliphatic rings. The molecular formula is C22H21N3O. The maximum atomic E-state index is 12.9. The number of pyridine rings is 1. The van der Waals surface area contributed by atoms with Crippen LogP contribution in [0.15, 0.2) is 72.9 Å². The molecule has 0 atom stereocenters. The second-order valence-electron chi connectivity index (χ2n) is 6.43. The highest BCUT2D eigenvalue weighted by Gasteiger charge is 2.25. The fourth-order valence-electron chi connectivity index (χ4n) is 3.34. The van der Waals surface area contributed by atoms with Crippen molar-refractivity contribution in [3.8, 4) is 0 Å². The van der Waals surface area contributed by atoms with Gasteiger partial charge in [0.15, 0.2) is 0 Å². The van der Waals surface area contributed by atoms with Crippen molar-refractivity contribution in [2.45, 2.75) is 12.8 Å². The van der Waals surface area contributed by atoms with Crippen LogP contribution < -0.4 is 10.2 Å². The first kappa shape index (κ1) is 16.3. The molecular weight excluding hydrogens is 322 g/mol. The number of carbonyl (C=O) groups is 1. The Hall–Kier alpha value is -3.14. The maximum absolute atomic E-state index is 12.9. The van der Waals surface area contributed by atoms with Gasteiger partial charge in [0.2, 0.25) is 0 Å². The molecule has 0 aliphatic carbocycles. The van der Waals surface area contributed by atoms with Gasteiger partial charge in [0.1, 0.15) is 5.69 Å². The number of nitrogens with zero attached hydrogens (tertiary/aromatic N) is 2. The average molecular weight is 343 g/mol. The zero-order valence-corrected chi connectivity index (χ0v) is 14.6. The summed E-state index contributed by atoms with van der Waals surface area (Å²) in [6.45, 7) is 1.53. The van der Waals surface area contributed by atoms with Crippen molar-refractivity contribution < 1.29 is 4.79 Å². The van der Waals surface area contributed by atoms with Crippen molar-refractivity contribution in [3.63, 3.8) is 0 Å². The van der Waals surface area contributed by atoms with Crippen molar-refractivity contribution in [2.75, 3.05) is 23.3 Å². The molecule has 2 heterocycles. The SMILES string of the molecule is O=C(c1cc(NCCc2ccccc2)ccn1)N1CCc2ccccc21. The minimum absolute atomic E-state index is 0.0401. The van der Waals surface area contributed by atoms with Crippen molar-refractivity contribution in [1.82, 2.24) is 4.98 Å². The van der Waals surface area contributed by atoms with Crippen LogP contribution in [0.3, 0.4) is 0 Å². The zero-order valence-electron chi connectivity index (χ0n) is 14.6. The summed E-state index contributed by atoms with van der Waals surface area (Å²) in [6.07, 6.45) is 3.53. The summed E-state index contributed by atoms with van der Waals surface area (Å²) in [6, 6.07) is 22.2. The quantitative estimate of drug-likeness (QED) is 0.763. The molecule has 0 fully saturated rings. The van der Waals surface area contributed by atoms with Crippen LogP contribution in [0.4, 0.5) is 11.4 Å². The lowest BCUT2D eigenvalue weighted by atomic mass is 10.1. The van der Waals surface area contributed by atoms with E-state index in [0.717, 1.165) is 30.8 Å². The van der Waals surface area contributed by atoms with E-state index >= 15 is 0 Å². The number of rotatable bonds is 5. The molecule has 0 saturated heterocycles. The van der Waals surface area contributed by atoms with Gasteiger partial charge in [-0.1, -0.05) is 48.5 Å². The summed E-state index contributed by atoms with van der Waals surface area (Å²) < 4.78 is 0. The van der Waals surface area contributed by atoms with Crippen LogP contribution in [-0.2, 0) is 12.8 Å². The van der Waals surface area contributed by atoms with Gasteiger partial charge >= 0.3 is 0 Å². The lowest BCUT2D eigenvalue weighted by Crippen LogP contribution is -2.29. The lowest BCUT2D eigenvalue weighted by molar-refractivity contribution is 0.0984. The molecule has 0 saturated carbocycles. The maximum Gasteiger partial charge on any atom is 0.276 e. The molecule has 4 nitrogen and oxygen atoms in total. The van der Waals surface area contributed by atoms with Gasteiger partial charge in [-0.15, -0.1) is 0 Å². The summed E-state index contributed by atoms with van der Waals surface area (Å²) in [7, 11) is 0. The van der Waals surface area contributed by atoms with Gasteiger partial charge in [0.05, 0.1) is 0 Å². The van der Waals surface area contributed by atoms with Gasteiger partial charge in [-0.3, -0.25) is 9.78 Å². The average Bonchev–Trinajstić information content (AvgIpc) is 3.13. The first-order valence-corrected chi connectivity index (χ1v) is 8.95. The third kappa shape index (κ3) is 3.45. The fraction of sp³-hybridized carbons (Fsp3) is 0.182. The number of para-hydroxylation sites is 1. The van der Waals surface area contributed by atoms with Gasteiger partial charge in [-0.05, 0) is 42.2 Å². The normalized spacial score (nSPS) is 12.7. The highest BCUT2D eigenvalue weighted by Crippen LogP contribution is 2.28. The Morgan fingerprint density at radius 3 is 2.73 bits per heavy atom. The third-order valence-corrected chi connectivity index (χ3v) is 4.70. The van der Waals surface area contributed by atoms with E-state index in [-0.39, 0.29) is 5.91 Å². The molecule has 1 amide bonds. The third-order valence-electron chi connectivity index (χ3n) is 4.70. The van der Waals surface area contributed by atoms with Crippen LogP contribution in [-0.4, -0.2) is 24.0 Å². The summed E-state index contributed by atoms with van der Waals surface area (Å²) >= 11 is 0. The highest BCUT2D eigenvalue weighted by atomic mass is 16.2. The smallest absolute Gasteiger partial charge is 0.276 e. The van der Waals surface area contributed by atoms with E-state index in [1.165, 1.54) is 11.1 Å². The Morgan fingerprint density at radius 2 is 1.85 bits per heavy atom. The van der Waals surface area contributed by atoms with Crippen molar-refractivity contribution in [2.24, 2.45) is 0 Å². The van der Waals surface area contributed by atoms with Gasteiger partial charge in [-0.2, -0.15) is 0 Å². The van der Waals surface area contributed by atoms with Crippen LogP contribution in [0.1, 0.15) is 21.6 Å². The molecule has 0 unspecified atom stereocenters. The van der Waals surface area contributed by atoms with Crippen molar-refractivity contribution in [1.29, 1.82) is 0 Å². The Labute approximate surface area is 153 Å². The number of fused-ring (bicyclic) bond motifs is 1. The molecule has 4 heteroatoms. The summed E-state index contributed by atoms with van der Waals surface area (Å²) in [5.74, 6) is -0.0401. The molecule has 1 aliphatic heterocycles. The Kier molecular flexibility index (Phi) is 4.65. The number of amides is 1. The standard InChI is InChI=1S/C22H21N3O/c26-22(25-15-12-18-8-4-5-9-21(18)25)20-16-19(11-14-24-20)23-13-10-17-6-2-1-3-7-17/h1-9,11,14,16H,10,12-13,15H2,(H,23,24). The molecule has 2 aromatic carbocycles. The fourth-order valence-corrected chi connectivity index (χ4v) is 3.34. The number of hydrogen-bond donors (Lipinski definition) is 1. The summed E-state index contributed by atoms with van der Waals surface area (Å²) in [5.41, 5.74) is 4.91. The largest absolute Gasteiger partial charge is 0.385 e. The molecule has 130 valence electrons. The molecule has 26 heavy (non-hydrogen) atoms. The number of hydrogen-bond acceptors (Lipinski definition) is 3. The summed E-state index contributed by atoms with van der Waals surface area (Å²) in [4.78, 5) is 19.0. The number of benzene rings is 2. The molecule has 0 radical (unpaired) electrons. The van der Waals surface area contributed by atoms with E-state index in [1.54, 1.807) is 6.20 Å². The predicted molar refractivity (Wildman–Crippen MR) is 105 cm³/mol. The number of carbonyl (C=O) groups excluding carboxylic acids is 1. The highest BCUT2D eigenvalue weighted by molar-refractivity contribution is 6.06. The number of nitrogens with one attached hydrogen (secondary N) is 1. The molecule has 4 rings (SSSR count). The number of anilines is 2.